The van der Waals surface area contributed by atoms with Gasteiger partial charge < -0.3 is 14.6 Å². The number of aromatic nitrogens is 2. The Hall–Kier alpha value is -0.650. The van der Waals surface area contributed by atoms with Crippen LogP contribution in [0.15, 0.2) is 4.52 Å². The van der Waals surface area contributed by atoms with Gasteiger partial charge >= 0.3 is 0 Å². The number of nitrogens with one attached hydrogen (secondary N) is 1. The standard InChI is InChI=1S/C10H15N3O2.ClH/c1-6-12-10(15-13-6)8-4-7-2-3-11-5-9(7)14-8;/h7-9,11H,2-5H2,1H3;1H/t7-,8+,9+;/m0./s1. The summed E-state index contributed by atoms with van der Waals surface area (Å²) in [6.45, 7) is 3.88. The summed E-state index contributed by atoms with van der Waals surface area (Å²) in [6.07, 6.45) is 2.56. The molecule has 2 saturated heterocycles. The number of hydrogen-bond acceptors (Lipinski definition) is 5. The maximum absolute atomic E-state index is 5.91. The Morgan fingerprint density at radius 1 is 1.44 bits per heavy atom. The van der Waals surface area contributed by atoms with Crippen molar-refractivity contribution < 1.29 is 9.26 Å². The molecule has 90 valence electrons. The normalized spacial score (nSPS) is 33.2. The van der Waals surface area contributed by atoms with E-state index in [0.29, 0.717) is 23.7 Å². The summed E-state index contributed by atoms with van der Waals surface area (Å²) in [5.74, 6) is 1.98. The number of nitrogens with zero attached hydrogens (tertiary/aromatic N) is 2. The van der Waals surface area contributed by atoms with Gasteiger partial charge in [0.05, 0.1) is 6.10 Å². The Kier molecular flexibility index (Phi) is 3.47. The molecule has 16 heavy (non-hydrogen) atoms. The Balaban J connectivity index is 0.000000963. The van der Waals surface area contributed by atoms with Crippen molar-refractivity contribution in [1.82, 2.24) is 15.5 Å². The molecule has 0 aliphatic carbocycles. The van der Waals surface area contributed by atoms with E-state index in [4.69, 9.17) is 9.26 Å². The van der Waals surface area contributed by atoms with Crippen molar-refractivity contribution in [2.24, 2.45) is 5.92 Å². The summed E-state index contributed by atoms with van der Waals surface area (Å²) < 4.78 is 11.1. The van der Waals surface area contributed by atoms with Crippen LogP contribution in [0.4, 0.5) is 0 Å². The SMILES string of the molecule is Cc1noc([C@H]2C[C@@H]3CCNC[C@H]3O2)n1.Cl. The van der Waals surface area contributed by atoms with E-state index >= 15 is 0 Å². The third-order valence-electron chi connectivity index (χ3n) is 3.24. The lowest BCUT2D eigenvalue weighted by Gasteiger charge is -2.24. The van der Waals surface area contributed by atoms with E-state index in [1.54, 1.807) is 0 Å². The molecule has 3 atom stereocenters. The minimum Gasteiger partial charge on any atom is -0.364 e. The highest BCUT2D eigenvalue weighted by molar-refractivity contribution is 5.85. The number of ether oxygens (including phenoxy) is 1. The zero-order chi connectivity index (χ0) is 10.3. The van der Waals surface area contributed by atoms with Crippen molar-refractivity contribution in [1.29, 1.82) is 0 Å². The van der Waals surface area contributed by atoms with Crippen LogP contribution in [0.25, 0.3) is 0 Å². The second-order valence-electron chi connectivity index (χ2n) is 4.33. The molecule has 1 aromatic rings. The van der Waals surface area contributed by atoms with Gasteiger partial charge in [-0.15, -0.1) is 12.4 Å². The van der Waals surface area contributed by atoms with Crippen LogP contribution in [0.5, 0.6) is 0 Å². The first-order valence-corrected chi connectivity index (χ1v) is 5.49. The summed E-state index contributed by atoms with van der Waals surface area (Å²) in [6, 6.07) is 0. The number of halogens is 1. The van der Waals surface area contributed by atoms with Gasteiger partial charge in [0.2, 0.25) is 0 Å². The first-order chi connectivity index (χ1) is 7.33. The lowest BCUT2D eigenvalue weighted by molar-refractivity contribution is 0.0116. The lowest BCUT2D eigenvalue weighted by atomic mass is 9.93. The second-order valence-corrected chi connectivity index (χ2v) is 4.33. The molecule has 2 fully saturated rings. The zero-order valence-corrected chi connectivity index (χ0v) is 10.00. The Morgan fingerprint density at radius 2 is 2.31 bits per heavy atom. The Bertz CT molecular complexity index is 344. The highest BCUT2D eigenvalue weighted by atomic mass is 35.5. The summed E-state index contributed by atoms with van der Waals surface area (Å²) >= 11 is 0. The molecular formula is C10H16ClN3O2. The fraction of sp³-hybridized carbons (Fsp3) is 0.800. The van der Waals surface area contributed by atoms with Crippen LogP contribution in [0.3, 0.4) is 0 Å². The third kappa shape index (κ3) is 2.07. The van der Waals surface area contributed by atoms with Crippen LogP contribution in [0, 0.1) is 12.8 Å². The molecule has 3 heterocycles. The number of rotatable bonds is 1. The molecule has 2 aliphatic rings. The van der Waals surface area contributed by atoms with Crippen molar-refractivity contribution >= 4 is 12.4 Å². The predicted octanol–water partition coefficient (Wildman–Crippen LogP) is 1.24. The minimum absolute atomic E-state index is 0. The van der Waals surface area contributed by atoms with E-state index in [1.165, 1.54) is 6.42 Å². The van der Waals surface area contributed by atoms with E-state index in [1.807, 2.05) is 6.92 Å². The fourth-order valence-corrected chi connectivity index (χ4v) is 2.46. The summed E-state index contributed by atoms with van der Waals surface area (Å²) in [5, 5.41) is 7.14. The van der Waals surface area contributed by atoms with E-state index < -0.39 is 0 Å². The van der Waals surface area contributed by atoms with Gasteiger partial charge in [-0.05, 0) is 32.2 Å². The highest BCUT2D eigenvalue weighted by Crippen LogP contribution is 2.38. The third-order valence-corrected chi connectivity index (χ3v) is 3.24. The maximum atomic E-state index is 5.91. The molecule has 0 aromatic carbocycles. The maximum Gasteiger partial charge on any atom is 0.255 e. The average molecular weight is 246 g/mol. The largest absolute Gasteiger partial charge is 0.364 e. The van der Waals surface area contributed by atoms with Crippen LogP contribution >= 0.6 is 12.4 Å². The lowest BCUT2D eigenvalue weighted by Crippen LogP contribution is -2.38. The predicted molar refractivity (Wildman–Crippen MR) is 59.5 cm³/mol. The van der Waals surface area contributed by atoms with Gasteiger partial charge in [0.25, 0.3) is 5.89 Å². The summed E-state index contributed by atoms with van der Waals surface area (Å²) in [4.78, 5) is 4.23. The number of hydrogen-bond donors (Lipinski definition) is 1. The molecule has 5 nitrogen and oxygen atoms in total. The minimum atomic E-state index is 0. The van der Waals surface area contributed by atoms with Gasteiger partial charge in [0.15, 0.2) is 5.82 Å². The van der Waals surface area contributed by atoms with Gasteiger partial charge in [-0.3, -0.25) is 0 Å². The molecule has 0 bridgehead atoms. The van der Waals surface area contributed by atoms with E-state index in [2.05, 4.69) is 15.5 Å². The average Bonchev–Trinajstić information content (AvgIpc) is 2.82. The molecule has 0 radical (unpaired) electrons. The van der Waals surface area contributed by atoms with Gasteiger partial charge in [-0.25, -0.2) is 0 Å². The topological polar surface area (TPSA) is 60.2 Å². The van der Waals surface area contributed by atoms with Crippen molar-refractivity contribution in [2.45, 2.75) is 32.0 Å². The smallest absolute Gasteiger partial charge is 0.255 e. The van der Waals surface area contributed by atoms with Crippen LogP contribution < -0.4 is 5.32 Å². The molecule has 0 unspecified atom stereocenters. The molecule has 1 aromatic heterocycles. The van der Waals surface area contributed by atoms with Crippen LogP contribution in [-0.2, 0) is 4.74 Å². The van der Waals surface area contributed by atoms with Gasteiger partial charge in [-0.2, -0.15) is 4.98 Å². The van der Waals surface area contributed by atoms with Crippen LogP contribution in [0.1, 0.15) is 30.7 Å². The molecule has 0 spiro atoms. The summed E-state index contributed by atoms with van der Waals surface area (Å²) in [7, 11) is 0. The molecule has 2 aliphatic heterocycles. The molecule has 0 saturated carbocycles. The summed E-state index contributed by atoms with van der Waals surface area (Å²) in [5.41, 5.74) is 0. The number of piperidine rings is 1. The fourth-order valence-electron chi connectivity index (χ4n) is 2.46. The Morgan fingerprint density at radius 3 is 3.00 bits per heavy atom. The number of fused-ring (bicyclic) bond motifs is 1. The zero-order valence-electron chi connectivity index (χ0n) is 9.18. The quantitative estimate of drug-likeness (QED) is 0.807. The Labute approximate surface area is 100 Å². The first-order valence-electron chi connectivity index (χ1n) is 5.49. The number of aryl methyl sites for hydroxylation is 1. The van der Waals surface area contributed by atoms with Crippen molar-refractivity contribution in [3.05, 3.63) is 11.7 Å². The van der Waals surface area contributed by atoms with E-state index in [-0.39, 0.29) is 18.5 Å². The van der Waals surface area contributed by atoms with Gasteiger partial charge in [-0.1, -0.05) is 5.16 Å². The molecule has 6 heteroatoms. The van der Waals surface area contributed by atoms with Crippen molar-refractivity contribution in [2.75, 3.05) is 13.1 Å². The molecular weight excluding hydrogens is 230 g/mol. The van der Waals surface area contributed by atoms with Crippen LogP contribution in [0.2, 0.25) is 0 Å². The van der Waals surface area contributed by atoms with Gasteiger partial charge in [0.1, 0.15) is 6.10 Å². The van der Waals surface area contributed by atoms with E-state index in [9.17, 15) is 0 Å². The van der Waals surface area contributed by atoms with Gasteiger partial charge in [0, 0.05) is 6.54 Å². The molecule has 3 rings (SSSR count). The van der Waals surface area contributed by atoms with Crippen molar-refractivity contribution in [3.8, 4) is 0 Å². The molecule has 0 amide bonds. The van der Waals surface area contributed by atoms with Crippen LogP contribution in [-0.4, -0.2) is 29.3 Å². The molecule has 1 N–H and O–H groups in total. The first kappa shape index (κ1) is 11.8. The highest BCUT2D eigenvalue weighted by Gasteiger charge is 2.39. The second kappa shape index (κ2) is 4.69. The monoisotopic (exact) mass is 245 g/mol. The van der Waals surface area contributed by atoms with E-state index in [0.717, 1.165) is 19.5 Å². The van der Waals surface area contributed by atoms with Crippen molar-refractivity contribution in [3.63, 3.8) is 0 Å².